The number of aliphatic hydroxyl groups excluding tert-OH is 2. The second kappa shape index (κ2) is 6.25. The molecule has 1 aliphatic heterocycles. The number of fused-ring (bicyclic) bond motifs is 1. The number of cyclic esters (lactones) is 2. The molecular formula is C15H16O7. The lowest BCUT2D eigenvalue weighted by molar-refractivity contribution is -0.0177. The van der Waals surface area contributed by atoms with E-state index >= 15 is 0 Å². The second-order valence-electron chi connectivity index (χ2n) is 5.18. The first-order valence-electron chi connectivity index (χ1n) is 6.76. The molecule has 1 aromatic rings. The Morgan fingerprint density at radius 3 is 2.41 bits per heavy atom. The van der Waals surface area contributed by atoms with Gasteiger partial charge in [0, 0.05) is 0 Å². The molecule has 0 radical (unpaired) electrons. The average molecular weight is 308 g/mol. The molecule has 0 saturated heterocycles. The van der Waals surface area contributed by atoms with Crippen LogP contribution in [0.2, 0.25) is 0 Å². The monoisotopic (exact) mass is 308 g/mol. The molecule has 1 heterocycles. The van der Waals surface area contributed by atoms with E-state index < -0.39 is 23.3 Å². The number of ether oxygens (including phenoxy) is 2. The Morgan fingerprint density at radius 2 is 1.82 bits per heavy atom. The van der Waals surface area contributed by atoms with Gasteiger partial charge in [0.2, 0.25) is 0 Å². The van der Waals surface area contributed by atoms with Gasteiger partial charge >= 0.3 is 17.9 Å². The van der Waals surface area contributed by atoms with Gasteiger partial charge < -0.3 is 19.7 Å². The molecule has 22 heavy (non-hydrogen) atoms. The van der Waals surface area contributed by atoms with Gasteiger partial charge in [0.25, 0.3) is 0 Å². The lowest BCUT2D eigenvalue weighted by atomic mass is 9.88. The van der Waals surface area contributed by atoms with Crippen LogP contribution < -0.4 is 0 Å². The fourth-order valence-electron chi connectivity index (χ4n) is 1.98. The standard InChI is InChI=1S/C15H16O7/c1-2-15(6-16,7-17)8-21-12(18)9-3-4-10-11(5-9)14(20)22-13(10)19/h3-5,16-17H,2,6-8H2,1H3. The summed E-state index contributed by atoms with van der Waals surface area (Å²) in [4.78, 5) is 34.8. The van der Waals surface area contributed by atoms with Crippen molar-refractivity contribution in [2.45, 2.75) is 13.3 Å². The molecule has 0 amide bonds. The smallest absolute Gasteiger partial charge is 0.346 e. The Bertz CT molecular complexity index is 608. The number of hydrogen-bond acceptors (Lipinski definition) is 7. The van der Waals surface area contributed by atoms with Crippen molar-refractivity contribution >= 4 is 17.9 Å². The third-order valence-electron chi connectivity index (χ3n) is 3.81. The van der Waals surface area contributed by atoms with Gasteiger partial charge in [-0.3, -0.25) is 0 Å². The van der Waals surface area contributed by atoms with Gasteiger partial charge in [-0.1, -0.05) is 6.92 Å². The van der Waals surface area contributed by atoms with Crippen LogP contribution in [0.5, 0.6) is 0 Å². The summed E-state index contributed by atoms with van der Waals surface area (Å²) in [7, 11) is 0. The van der Waals surface area contributed by atoms with Gasteiger partial charge in [-0.25, -0.2) is 14.4 Å². The predicted octanol–water partition coefficient (Wildman–Crippen LogP) is 0.535. The van der Waals surface area contributed by atoms with Crippen molar-refractivity contribution in [2.75, 3.05) is 19.8 Å². The van der Waals surface area contributed by atoms with E-state index in [9.17, 15) is 24.6 Å². The number of carbonyl (C=O) groups excluding carboxylic acids is 3. The summed E-state index contributed by atoms with van der Waals surface area (Å²) in [6.07, 6.45) is 0.429. The normalized spacial score (nSPS) is 13.8. The summed E-state index contributed by atoms with van der Waals surface area (Å²) in [5.41, 5.74) is -0.687. The predicted molar refractivity (Wildman–Crippen MR) is 73.4 cm³/mol. The van der Waals surface area contributed by atoms with Crippen molar-refractivity contribution in [1.82, 2.24) is 0 Å². The van der Waals surface area contributed by atoms with Gasteiger partial charge in [0.05, 0.1) is 35.3 Å². The molecular weight excluding hydrogens is 292 g/mol. The SMILES string of the molecule is CCC(CO)(CO)COC(=O)c1ccc2c(c1)C(=O)OC2=O. The van der Waals surface area contributed by atoms with Crippen LogP contribution in [0.1, 0.15) is 44.4 Å². The molecule has 0 bridgehead atoms. The zero-order chi connectivity index (χ0) is 16.3. The van der Waals surface area contributed by atoms with Gasteiger partial charge in [0.15, 0.2) is 0 Å². The summed E-state index contributed by atoms with van der Waals surface area (Å²) in [5, 5.41) is 18.6. The molecule has 0 atom stereocenters. The van der Waals surface area contributed by atoms with Crippen molar-refractivity contribution in [3.05, 3.63) is 34.9 Å². The van der Waals surface area contributed by atoms with Gasteiger partial charge in [-0.15, -0.1) is 0 Å². The van der Waals surface area contributed by atoms with E-state index in [0.29, 0.717) is 6.42 Å². The van der Waals surface area contributed by atoms with Crippen LogP contribution >= 0.6 is 0 Å². The van der Waals surface area contributed by atoms with Crippen molar-refractivity contribution in [1.29, 1.82) is 0 Å². The molecule has 1 aromatic carbocycles. The first-order chi connectivity index (χ1) is 10.5. The van der Waals surface area contributed by atoms with Crippen molar-refractivity contribution < 1.29 is 34.1 Å². The number of carbonyl (C=O) groups is 3. The summed E-state index contributed by atoms with van der Waals surface area (Å²) in [6, 6.07) is 3.91. The highest BCUT2D eigenvalue weighted by atomic mass is 16.6. The average Bonchev–Trinajstić information content (AvgIpc) is 2.83. The van der Waals surface area contributed by atoms with Crippen LogP contribution in [0.3, 0.4) is 0 Å². The molecule has 0 fully saturated rings. The fraction of sp³-hybridized carbons (Fsp3) is 0.400. The molecule has 7 nitrogen and oxygen atoms in total. The molecule has 2 N–H and O–H groups in total. The molecule has 0 aliphatic carbocycles. The molecule has 1 aliphatic rings. The number of benzene rings is 1. The summed E-state index contributed by atoms with van der Waals surface area (Å²) in [6.45, 7) is 0.962. The maximum absolute atomic E-state index is 12.0. The third-order valence-corrected chi connectivity index (χ3v) is 3.81. The highest BCUT2D eigenvalue weighted by Crippen LogP contribution is 2.24. The molecule has 2 rings (SSSR count). The lowest BCUT2D eigenvalue weighted by Crippen LogP contribution is -2.35. The van der Waals surface area contributed by atoms with E-state index in [-0.39, 0.29) is 36.5 Å². The van der Waals surface area contributed by atoms with Crippen molar-refractivity contribution in [2.24, 2.45) is 5.41 Å². The highest BCUT2D eigenvalue weighted by molar-refractivity contribution is 6.15. The number of hydrogen-bond donors (Lipinski definition) is 2. The van der Waals surface area contributed by atoms with E-state index in [2.05, 4.69) is 4.74 Å². The summed E-state index contributed by atoms with van der Waals surface area (Å²) >= 11 is 0. The summed E-state index contributed by atoms with van der Waals surface area (Å²) < 4.78 is 9.53. The first-order valence-corrected chi connectivity index (χ1v) is 6.76. The minimum Gasteiger partial charge on any atom is -0.461 e. The topological polar surface area (TPSA) is 110 Å². The molecule has 0 spiro atoms. The van der Waals surface area contributed by atoms with E-state index in [1.165, 1.54) is 18.2 Å². The molecule has 118 valence electrons. The van der Waals surface area contributed by atoms with Crippen LogP contribution in [0.25, 0.3) is 0 Å². The largest absolute Gasteiger partial charge is 0.461 e. The second-order valence-corrected chi connectivity index (χ2v) is 5.18. The Labute approximate surface area is 126 Å². The minimum atomic E-state index is -0.902. The van der Waals surface area contributed by atoms with Crippen LogP contribution in [0.4, 0.5) is 0 Å². The van der Waals surface area contributed by atoms with Crippen LogP contribution in [-0.2, 0) is 9.47 Å². The van der Waals surface area contributed by atoms with Gasteiger partial charge in [-0.05, 0) is 24.6 Å². The lowest BCUT2D eigenvalue weighted by Gasteiger charge is -2.27. The zero-order valence-corrected chi connectivity index (χ0v) is 12.0. The maximum atomic E-state index is 12.0. The Kier molecular flexibility index (Phi) is 4.58. The Balaban J connectivity index is 2.13. The van der Waals surface area contributed by atoms with E-state index in [1.807, 2.05) is 0 Å². The van der Waals surface area contributed by atoms with Crippen molar-refractivity contribution in [3.8, 4) is 0 Å². The molecule has 0 unspecified atom stereocenters. The van der Waals surface area contributed by atoms with Crippen LogP contribution in [-0.4, -0.2) is 47.9 Å². The number of rotatable bonds is 6. The van der Waals surface area contributed by atoms with Crippen LogP contribution in [0, 0.1) is 5.41 Å². The number of esters is 3. The minimum absolute atomic E-state index is 0.0190. The van der Waals surface area contributed by atoms with E-state index in [0.717, 1.165) is 0 Å². The van der Waals surface area contributed by atoms with Crippen molar-refractivity contribution in [3.63, 3.8) is 0 Å². The number of aliphatic hydroxyl groups is 2. The van der Waals surface area contributed by atoms with Gasteiger partial charge in [0.1, 0.15) is 6.61 Å². The van der Waals surface area contributed by atoms with Gasteiger partial charge in [-0.2, -0.15) is 0 Å². The Hall–Kier alpha value is -2.25. The molecule has 7 heteroatoms. The summed E-state index contributed by atoms with van der Waals surface area (Å²) in [5.74, 6) is -2.26. The Morgan fingerprint density at radius 1 is 1.18 bits per heavy atom. The van der Waals surface area contributed by atoms with E-state index in [1.54, 1.807) is 6.92 Å². The van der Waals surface area contributed by atoms with Crippen LogP contribution in [0.15, 0.2) is 18.2 Å². The quantitative estimate of drug-likeness (QED) is 0.582. The molecule has 0 aromatic heterocycles. The highest BCUT2D eigenvalue weighted by Gasteiger charge is 2.32. The van der Waals surface area contributed by atoms with E-state index in [4.69, 9.17) is 4.74 Å². The third kappa shape index (κ3) is 2.86. The first kappa shape index (κ1) is 16.1. The molecule has 0 saturated carbocycles. The maximum Gasteiger partial charge on any atom is 0.346 e. The fourth-order valence-corrected chi connectivity index (χ4v) is 1.98. The zero-order valence-electron chi connectivity index (χ0n) is 12.0.